The highest BCUT2D eigenvalue weighted by Crippen LogP contribution is 2.40. The van der Waals surface area contributed by atoms with Crippen LogP contribution < -0.4 is 24.4 Å². The molecule has 0 unspecified atom stereocenters. The zero-order chi connectivity index (χ0) is 24.0. The molecule has 176 valence electrons. The summed E-state index contributed by atoms with van der Waals surface area (Å²) in [5.41, 5.74) is 1.93. The standard InChI is InChI=1S/C24H29N3O6/c1-26(15-17-9-12-19(31-2)23(33-4)22(17)32-3)21(29)14-25-24(30)16-7-10-18(11-8-16)27-13-5-6-20(27)28/h7-12H,5-6,13-15H2,1-4H3,(H,25,30). The fourth-order valence-corrected chi connectivity index (χ4v) is 3.74. The smallest absolute Gasteiger partial charge is 0.251 e. The lowest BCUT2D eigenvalue weighted by atomic mass is 10.1. The third-order valence-electron chi connectivity index (χ3n) is 5.53. The van der Waals surface area contributed by atoms with Gasteiger partial charge < -0.3 is 29.3 Å². The normalized spacial score (nSPS) is 13.0. The summed E-state index contributed by atoms with van der Waals surface area (Å²) in [5.74, 6) is 0.925. The number of benzene rings is 2. The molecule has 1 heterocycles. The molecule has 0 radical (unpaired) electrons. The zero-order valence-corrected chi connectivity index (χ0v) is 19.3. The number of carbonyl (C=O) groups excluding carboxylic acids is 3. The zero-order valence-electron chi connectivity index (χ0n) is 19.3. The van der Waals surface area contributed by atoms with E-state index in [1.54, 1.807) is 48.3 Å². The van der Waals surface area contributed by atoms with Crippen LogP contribution in [0.2, 0.25) is 0 Å². The van der Waals surface area contributed by atoms with E-state index < -0.39 is 0 Å². The van der Waals surface area contributed by atoms with Crippen LogP contribution in [0.15, 0.2) is 36.4 Å². The summed E-state index contributed by atoms with van der Waals surface area (Å²) in [7, 11) is 6.22. The Hall–Kier alpha value is -3.75. The van der Waals surface area contributed by atoms with Crippen molar-refractivity contribution in [3.05, 3.63) is 47.5 Å². The predicted octanol–water partition coefficient (Wildman–Crippen LogP) is 2.23. The molecule has 1 N–H and O–H groups in total. The first-order valence-electron chi connectivity index (χ1n) is 10.6. The molecule has 1 aliphatic rings. The second kappa shape index (κ2) is 10.7. The Bertz CT molecular complexity index is 1020. The van der Waals surface area contributed by atoms with Crippen molar-refractivity contribution < 1.29 is 28.6 Å². The fourth-order valence-electron chi connectivity index (χ4n) is 3.74. The number of hydrogen-bond acceptors (Lipinski definition) is 6. The molecule has 9 nitrogen and oxygen atoms in total. The molecule has 0 aromatic heterocycles. The van der Waals surface area contributed by atoms with Crippen molar-refractivity contribution in [1.29, 1.82) is 0 Å². The predicted molar refractivity (Wildman–Crippen MR) is 123 cm³/mol. The largest absolute Gasteiger partial charge is 0.493 e. The van der Waals surface area contributed by atoms with Crippen LogP contribution in [-0.4, -0.2) is 64.1 Å². The molecule has 0 atom stereocenters. The Kier molecular flexibility index (Phi) is 7.76. The van der Waals surface area contributed by atoms with Crippen molar-refractivity contribution in [2.24, 2.45) is 0 Å². The van der Waals surface area contributed by atoms with Crippen molar-refractivity contribution in [3.8, 4) is 17.2 Å². The van der Waals surface area contributed by atoms with Gasteiger partial charge in [-0.05, 0) is 42.8 Å². The van der Waals surface area contributed by atoms with E-state index in [1.165, 1.54) is 26.2 Å². The van der Waals surface area contributed by atoms with E-state index in [-0.39, 0.29) is 30.8 Å². The highest BCUT2D eigenvalue weighted by molar-refractivity contribution is 5.98. The fraction of sp³-hybridized carbons (Fsp3) is 0.375. The summed E-state index contributed by atoms with van der Waals surface area (Å²) < 4.78 is 16.1. The SMILES string of the molecule is COc1ccc(CN(C)C(=O)CNC(=O)c2ccc(N3CCCC3=O)cc2)c(OC)c1OC. The average Bonchev–Trinajstić information content (AvgIpc) is 3.27. The van der Waals surface area contributed by atoms with Crippen molar-refractivity contribution in [2.45, 2.75) is 19.4 Å². The monoisotopic (exact) mass is 455 g/mol. The van der Waals surface area contributed by atoms with Gasteiger partial charge in [0.1, 0.15) is 0 Å². The first-order valence-corrected chi connectivity index (χ1v) is 10.6. The Morgan fingerprint density at radius 1 is 1.00 bits per heavy atom. The second-order valence-electron chi connectivity index (χ2n) is 7.62. The quantitative estimate of drug-likeness (QED) is 0.623. The number of ether oxygens (including phenoxy) is 3. The molecule has 9 heteroatoms. The maximum atomic E-state index is 12.6. The van der Waals surface area contributed by atoms with Crippen LogP contribution in [0.1, 0.15) is 28.8 Å². The van der Waals surface area contributed by atoms with E-state index in [1.807, 2.05) is 0 Å². The Labute approximate surface area is 193 Å². The van der Waals surface area contributed by atoms with E-state index in [9.17, 15) is 14.4 Å². The molecule has 33 heavy (non-hydrogen) atoms. The van der Waals surface area contributed by atoms with Gasteiger partial charge in [0.15, 0.2) is 11.5 Å². The van der Waals surface area contributed by atoms with E-state index in [2.05, 4.69) is 5.32 Å². The van der Waals surface area contributed by atoms with Gasteiger partial charge in [0.05, 0.1) is 27.9 Å². The van der Waals surface area contributed by atoms with Crippen LogP contribution in [0.25, 0.3) is 0 Å². The maximum absolute atomic E-state index is 12.6. The minimum Gasteiger partial charge on any atom is -0.493 e. The molecule has 0 aliphatic carbocycles. The van der Waals surface area contributed by atoms with E-state index in [0.29, 0.717) is 35.8 Å². The van der Waals surface area contributed by atoms with Gasteiger partial charge in [0, 0.05) is 43.4 Å². The second-order valence-corrected chi connectivity index (χ2v) is 7.62. The van der Waals surface area contributed by atoms with Gasteiger partial charge in [-0.1, -0.05) is 0 Å². The number of methoxy groups -OCH3 is 3. The van der Waals surface area contributed by atoms with Crippen LogP contribution >= 0.6 is 0 Å². The number of likely N-dealkylation sites (N-methyl/N-ethyl adjacent to an activating group) is 1. The topological polar surface area (TPSA) is 97.4 Å². The lowest BCUT2D eigenvalue weighted by molar-refractivity contribution is -0.129. The third-order valence-corrected chi connectivity index (χ3v) is 5.53. The number of amides is 3. The summed E-state index contributed by atoms with van der Waals surface area (Å²) in [4.78, 5) is 40.1. The molecule has 1 aliphatic heterocycles. The lowest BCUT2D eigenvalue weighted by Crippen LogP contribution is -2.37. The van der Waals surface area contributed by atoms with Gasteiger partial charge in [-0.25, -0.2) is 0 Å². The minimum absolute atomic E-state index is 0.0898. The Morgan fingerprint density at radius 3 is 2.27 bits per heavy atom. The first kappa shape index (κ1) is 23.9. The summed E-state index contributed by atoms with van der Waals surface area (Å²) in [5, 5.41) is 2.65. The van der Waals surface area contributed by atoms with Crippen LogP contribution in [0.5, 0.6) is 17.2 Å². The molecular weight excluding hydrogens is 426 g/mol. The molecule has 0 saturated carbocycles. The highest BCUT2D eigenvalue weighted by Gasteiger charge is 2.22. The molecule has 3 amide bonds. The molecule has 2 aromatic rings. The molecular formula is C24H29N3O6. The number of nitrogens with one attached hydrogen (secondary N) is 1. The van der Waals surface area contributed by atoms with Crippen molar-refractivity contribution in [1.82, 2.24) is 10.2 Å². The van der Waals surface area contributed by atoms with Gasteiger partial charge in [-0.3, -0.25) is 14.4 Å². The molecule has 2 aromatic carbocycles. The van der Waals surface area contributed by atoms with Gasteiger partial charge in [-0.2, -0.15) is 0 Å². The van der Waals surface area contributed by atoms with Crippen LogP contribution in [0.3, 0.4) is 0 Å². The number of hydrogen-bond donors (Lipinski definition) is 1. The van der Waals surface area contributed by atoms with Crippen molar-refractivity contribution in [2.75, 3.05) is 46.4 Å². The number of carbonyl (C=O) groups is 3. The average molecular weight is 456 g/mol. The van der Waals surface area contributed by atoms with Gasteiger partial charge in [0.2, 0.25) is 17.6 Å². The highest BCUT2D eigenvalue weighted by atomic mass is 16.5. The Balaban J connectivity index is 1.58. The number of rotatable bonds is 9. The van der Waals surface area contributed by atoms with Crippen molar-refractivity contribution >= 4 is 23.4 Å². The molecule has 1 fully saturated rings. The number of nitrogens with zero attached hydrogens (tertiary/aromatic N) is 2. The molecule has 1 saturated heterocycles. The third kappa shape index (κ3) is 5.36. The van der Waals surface area contributed by atoms with Crippen LogP contribution in [-0.2, 0) is 16.1 Å². The lowest BCUT2D eigenvalue weighted by Gasteiger charge is -2.21. The van der Waals surface area contributed by atoms with Gasteiger partial charge in [0.25, 0.3) is 5.91 Å². The number of anilines is 1. The van der Waals surface area contributed by atoms with E-state index >= 15 is 0 Å². The summed E-state index contributed by atoms with van der Waals surface area (Å²) >= 11 is 0. The molecule has 0 spiro atoms. The van der Waals surface area contributed by atoms with E-state index in [4.69, 9.17) is 14.2 Å². The van der Waals surface area contributed by atoms with Gasteiger partial charge in [-0.15, -0.1) is 0 Å². The maximum Gasteiger partial charge on any atom is 0.251 e. The van der Waals surface area contributed by atoms with E-state index in [0.717, 1.165) is 17.7 Å². The molecule has 3 rings (SSSR count). The summed E-state index contributed by atoms with van der Waals surface area (Å²) in [6, 6.07) is 10.3. The van der Waals surface area contributed by atoms with Crippen LogP contribution in [0, 0.1) is 0 Å². The minimum atomic E-state index is -0.361. The first-order chi connectivity index (χ1) is 15.9. The summed E-state index contributed by atoms with van der Waals surface area (Å²) in [6.07, 6.45) is 1.39. The van der Waals surface area contributed by atoms with Gasteiger partial charge >= 0.3 is 0 Å². The van der Waals surface area contributed by atoms with Crippen molar-refractivity contribution in [3.63, 3.8) is 0 Å². The Morgan fingerprint density at radius 2 is 1.70 bits per heavy atom. The molecule has 0 bridgehead atoms. The van der Waals surface area contributed by atoms with Crippen LogP contribution in [0.4, 0.5) is 5.69 Å². The summed E-state index contributed by atoms with van der Waals surface area (Å²) in [6.45, 7) is 0.796.